The van der Waals surface area contributed by atoms with Crippen molar-refractivity contribution < 1.29 is 13.7 Å². The van der Waals surface area contributed by atoms with Crippen molar-refractivity contribution in [2.24, 2.45) is 0 Å². The molecule has 1 aromatic carbocycles. The summed E-state index contributed by atoms with van der Waals surface area (Å²) in [6.07, 6.45) is 1.41. The van der Waals surface area contributed by atoms with Gasteiger partial charge in [0.1, 0.15) is 9.40 Å². The second-order valence-electron chi connectivity index (χ2n) is 5.11. The third kappa shape index (κ3) is 5.56. The number of nitrogens with one attached hydrogen (secondary N) is 1. The number of ether oxygens (including phenoxy) is 1. The maximum absolute atomic E-state index is 12.3. The molecule has 2 rings (SSSR count). The van der Waals surface area contributed by atoms with E-state index >= 15 is 0 Å². The minimum absolute atomic E-state index is 0.173. The number of nitrogens with zero attached hydrogens (tertiary/aromatic N) is 1. The lowest BCUT2D eigenvalue weighted by atomic mass is 10.2. The van der Waals surface area contributed by atoms with Gasteiger partial charge in [0.25, 0.3) is 5.91 Å². The monoisotopic (exact) mass is 398 g/mol. The normalized spacial score (nSPS) is 13.0. The van der Waals surface area contributed by atoms with Crippen LogP contribution >= 0.6 is 23.2 Å². The summed E-state index contributed by atoms with van der Waals surface area (Å²) >= 11 is 12.0. The number of amides is 1. The Morgan fingerprint density at radius 3 is 2.44 bits per heavy atom. The molecule has 0 saturated carbocycles. The molecule has 0 aliphatic carbocycles. The summed E-state index contributed by atoms with van der Waals surface area (Å²) in [5, 5.41) is 2.22. The van der Waals surface area contributed by atoms with Crippen molar-refractivity contribution in [1.29, 1.82) is 0 Å². The highest BCUT2D eigenvalue weighted by Gasteiger charge is 2.17. The molecule has 0 radical (unpaired) electrons. The van der Waals surface area contributed by atoms with Gasteiger partial charge in [0.15, 0.2) is 0 Å². The number of halogens is 2. The van der Waals surface area contributed by atoms with Crippen LogP contribution in [0.3, 0.4) is 0 Å². The van der Waals surface area contributed by atoms with E-state index in [1.54, 1.807) is 12.1 Å². The van der Waals surface area contributed by atoms with Crippen LogP contribution in [0.5, 0.6) is 5.88 Å². The second kappa shape index (κ2) is 8.99. The number of anilines is 1. The minimum Gasteiger partial charge on any atom is -0.481 e. The highest BCUT2D eigenvalue weighted by Crippen LogP contribution is 2.22. The molecule has 0 aliphatic heterocycles. The molecule has 1 atom stereocenters. The summed E-state index contributed by atoms with van der Waals surface area (Å²) < 4.78 is 17.0. The standard InChI is InChI=1S/C17H16Cl2N2O3S/c1-11-3-5-12(6-4-11)10-25(23)16(19)15(18)17(22)21-13-7-8-14(24-2)20-9-13/h3-9H,10H2,1-2H3,(H,21,22)/b16-15+/t25-/m1/s1. The highest BCUT2D eigenvalue weighted by molar-refractivity contribution is 7.90. The third-order valence-corrected chi connectivity index (χ3v) is 5.67. The number of hydrogen-bond acceptors (Lipinski definition) is 4. The molecule has 1 amide bonds. The van der Waals surface area contributed by atoms with Gasteiger partial charge in [-0.2, -0.15) is 0 Å². The van der Waals surface area contributed by atoms with Gasteiger partial charge in [0, 0.05) is 6.07 Å². The number of carbonyl (C=O) groups is 1. The van der Waals surface area contributed by atoms with E-state index in [4.69, 9.17) is 27.9 Å². The van der Waals surface area contributed by atoms with E-state index in [2.05, 4.69) is 10.3 Å². The molecule has 2 aromatic rings. The topological polar surface area (TPSA) is 68.3 Å². The zero-order valence-electron chi connectivity index (χ0n) is 13.6. The predicted octanol–water partition coefficient (Wildman–Crippen LogP) is 3.93. The lowest BCUT2D eigenvalue weighted by molar-refractivity contribution is -0.112. The quantitative estimate of drug-likeness (QED) is 0.748. The van der Waals surface area contributed by atoms with Gasteiger partial charge in [0.2, 0.25) is 5.88 Å². The van der Waals surface area contributed by atoms with Crippen molar-refractivity contribution in [3.63, 3.8) is 0 Å². The number of pyridine rings is 1. The van der Waals surface area contributed by atoms with Crippen LogP contribution in [-0.4, -0.2) is 22.2 Å². The van der Waals surface area contributed by atoms with Crippen LogP contribution in [0.25, 0.3) is 0 Å². The first-order chi connectivity index (χ1) is 11.9. The van der Waals surface area contributed by atoms with Crippen LogP contribution in [0, 0.1) is 6.92 Å². The molecule has 1 heterocycles. The van der Waals surface area contributed by atoms with Crippen LogP contribution in [0.15, 0.2) is 52.0 Å². The zero-order valence-corrected chi connectivity index (χ0v) is 15.9. The van der Waals surface area contributed by atoms with E-state index < -0.39 is 16.7 Å². The molecule has 25 heavy (non-hydrogen) atoms. The average molecular weight is 399 g/mol. The van der Waals surface area contributed by atoms with E-state index in [1.807, 2.05) is 31.2 Å². The summed E-state index contributed by atoms with van der Waals surface area (Å²) in [6.45, 7) is 1.96. The Bertz CT molecular complexity index is 806. The first kappa shape index (κ1) is 19.4. The highest BCUT2D eigenvalue weighted by atomic mass is 35.5. The van der Waals surface area contributed by atoms with Gasteiger partial charge in [-0.15, -0.1) is 0 Å². The van der Waals surface area contributed by atoms with Crippen molar-refractivity contribution in [3.05, 3.63) is 63.1 Å². The molecule has 0 saturated heterocycles. The molecule has 8 heteroatoms. The molecule has 0 fully saturated rings. The van der Waals surface area contributed by atoms with Gasteiger partial charge in [-0.3, -0.25) is 9.00 Å². The summed E-state index contributed by atoms with van der Waals surface area (Å²) in [6, 6.07) is 10.7. The van der Waals surface area contributed by atoms with E-state index in [-0.39, 0.29) is 15.1 Å². The number of hydrogen-bond donors (Lipinski definition) is 1. The summed E-state index contributed by atoms with van der Waals surface area (Å²) in [7, 11) is -0.130. The van der Waals surface area contributed by atoms with Crippen LogP contribution in [0.4, 0.5) is 5.69 Å². The zero-order chi connectivity index (χ0) is 18.4. The Labute approximate surface area is 158 Å². The number of aryl methyl sites for hydroxylation is 1. The largest absolute Gasteiger partial charge is 0.481 e. The Morgan fingerprint density at radius 1 is 1.20 bits per heavy atom. The molecule has 5 nitrogen and oxygen atoms in total. The summed E-state index contributed by atoms with van der Waals surface area (Å²) in [5.74, 6) is -0.0695. The number of aromatic nitrogens is 1. The molecule has 0 spiro atoms. The summed E-state index contributed by atoms with van der Waals surface area (Å²) in [5.41, 5.74) is 2.35. The van der Waals surface area contributed by atoms with E-state index in [0.29, 0.717) is 11.6 Å². The Hall–Kier alpha value is -1.89. The van der Waals surface area contributed by atoms with Crippen LogP contribution < -0.4 is 10.1 Å². The van der Waals surface area contributed by atoms with Crippen molar-refractivity contribution in [2.75, 3.05) is 12.4 Å². The van der Waals surface area contributed by atoms with Crippen molar-refractivity contribution >= 4 is 45.6 Å². The maximum atomic E-state index is 12.3. The smallest absolute Gasteiger partial charge is 0.269 e. The van der Waals surface area contributed by atoms with E-state index in [0.717, 1.165) is 11.1 Å². The fraction of sp³-hybridized carbons (Fsp3) is 0.176. The van der Waals surface area contributed by atoms with Crippen LogP contribution in [0.2, 0.25) is 0 Å². The van der Waals surface area contributed by atoms with E-state index in [1.165, 1.54) is 13.3 Å². The lowest BCUT2D eigenvalue weighted by Gasteiger charge is -2.07. The lowest BCUT2D eigenvalue weighted by Crippen LogP contribution is -2.14. The van der Waals surface area contributed by atoms with Gasteiger partial charge >= 0.3 is 0 Å². The number of benzene rings is 1. The fourth-order valence-electron chi connectivity index (χ4n) is 1.85. The molecular formula is C17H16Cl2N2O3S. The average Bonchev–Trinajstić information content (AvgIpc) is 2.62. The van der Waals surface area contributed by atoms with Gasteiger partial charge < -0.3 is 10.1 Å². The molecule has 0 bridgehead atoms. The fourth-order valence-corrected chi connectivity index (χ4v) is 3.32. The Kier molecular flexibility index (Phi) is 6.99. The Balaban J connectivity index is 2.06. The second-order valence-corrected chi connectivity index (χ2v) is 7.47. The first-order valence-electron chi connectivity index (χ1n) is 7.21. The van der Waals surface area contributed by atoms with Crippen molar-refractivity contribution in [1.82, 2.24) is 4.98 Å². The molecule has 0 unspecified atom stereocenters. The van der Waals surface area contributed by atoms with Gasteiger partial charge in [-0.25, -0.2) is 4.98 Å². The predicted molar refractivity (Wildman–Crippen MR) is 101 cm³/mol. The number of rotatable bonds is 6. The molecular weight excluding hydrogens is 383 g/mol. The van der Waals surface area contributed by atoms with Gasteiger partial charge in [-0.1, -0.05) is 53.0 Å². The van der Waals surface area contributed by atoms with Gasteiger partial charge in [-0.05, 0) is 18.6 Å². The molecule has 1 aromatic heterocycles. The third-order valence-electron chi connectivity index (χ3n) is 3.19. The molecule has 132 valence electrons. The first-order valence-corrected chi connectivity index (χ1v) is 9.28. The van der Waals surface area contributed by atoms with Gasteiger partial charge in [0.05, 0.1) is 35.5 Å². The summed E-state index contributed by atoms with van der Waals surface area (Å²) in [4.78, 5) is 16.1. The number of methoxy groups -OCH3 is 1. The minimum atomic E-state index is -1.62. The van der Waals surface area contributed by atoms with Crippen molar-refractivity contribution in [3.8, 4) is 5.88 Å². The number of carbonyl (C=O) groups excluding carboxylic acids is 1. The van der Waals surface area contributed by atoms with E-state index in [9.17, 15) is 9.00 Å². The Morgan fingerprint density at radius 2 is 1.88 bits per heavy atom. The van der Waals surface area contributed by atoms with Crippen LogP contribution in [0.1, 0.15) is 11.1 Å². The van der Waals surface area contributed by atoms with Crippen LogP contribution in [-0.2, 0) is 21.3 Å². The van der Waals surface area contributed by atoms with Crippen molar-refractivity contribution in [2.45, 2.75) is 12.7 Å². The maximum Gasteiger partial charge on any atom is 0.269 e. The SMILES string of the molecule is COc1ccc(NC(=O)/C(Cl)=C(/Cl)[S@](=O)Cc2ccc(C)cc2)cn1. The molecule has 1 N–H and O–H groups in total. The molecule has 0 aliphatic rings.